The molecule has 0 atom stereocenters. The van der Waals surface area contributed by atoms with Crippen molar-refractivity contribution in [1.82, 2.24) is 9.97 Å². The summed E-state index contributed by atoms with van der Waals surface area (Å²) in [4.78, 5) is 8.72. The molecule has 0 aliphatic rings. The molecule has 0 N–H and O–H groups in total. The van der Waals surface area contributed by atoms with Crippen molar-refractivity contribution in [3.8, 4) is 0 Å². The van der Waals surface area contributed by atoms with Gasteiger partial charge in [-0.15, -0.1) is 0 Å². The SMILES string of the molecule is CC(C)c1ccc(C(C)(C)C)cc1.CC(C)c1cnc(C(C)(C)C)nc1. The van der Waals surface area contributed by atoms with E-state index in [1.165, 1.54) is 16.7 Å². The maximum atomic E-state index is 4.36. The van der Waals surface area contributed by atoms with E-state index in [0.29, 0.717) is 11.8 Å². The molecule has 2 heteroatoms. The van der Waals surface area contributed by atoms with E-state index in [2.05, 4.69) is 103 Å². The molecular formula is C24H38N2. The van der Waals surface area contributed by atoms with E-state index in [0.717, 1.165) is 5.82 Å². The van der Waals surface area contributed by atoms with Crippen LogP contribution in [-0.2, 0) is 10.8 Å². The first-order chi connectivity index (χ1) is 11.8. The van der Waals surface area contributed by atoms with Gasteiger partial charge in [-0.2, -0.15) is 0 Å². The highest BCUT2D eigenvalue weighted by atomic mass is 14.9. The summed E-state index contributed by atoms with van der Waals surface area (Å²) >= 11 is 0. The normalized spacial score (nSPS) is 12.2. The third-order valence-corrected chi connectivity index (χ3v) is 4.45. The molecule has 1 aromatic carbocycles. The maximum Gasteiger partial charge on any atom is 0.133 e. The molecule has 0 bridgehead atoms. The highest BCUT2D eigenvalue weighted by Gasteiger charge is 2.16. The predicted molar refractivity (Wildman–Crippen MR) is 114 cm³/mol. The quantitative estimate of drug-likeness (QED) is 0.580. The minimum atomic E-state index is 0.0511. The van der Waals surface area contributed by atoms with Gasteiger partial charge in [0.1, 0.15) is 5.82 Å². The van der Waals surface area contributed by atoms with Gasteiger partial charge in [-0.1, -0.05) is 93.5 Å². The highest BCUT2D eigenvalue weighted by molar-refractivity contribution is 5.28. The first kappa shape index (κ1) is 22.3. The molecule has 0 spiro atoms. The Hall–Kier alpha value is -1.70. The Kier molecular flexibility index (Phi) is 7.56. The Morgan fingerprint density at radius 3 is 1.35 bits per heavy atom. The zero-order valence-corrected chi connectivity index (χ0v) is 18.5. The molecular weight excluding hydrogens is 316 g/mol. The fraction of sp³-hybridized carbons (Fsp3) is 0.583. The van der Waals surface area contributed by atoms with Gasteiger partial charge >= 0.3 is 0 Å². The first-order valence-electron chi connectivity index (χ1n) is 9.75. The van der Waals surface area contributed by atoms with Crippen molar-refractivity contribution in [2.24, 2.45) is 0 Å². The van der Waals surface area contributed by atoms with E-state index in [1.54, 1.807) is 0 Å². The van der Waals surface area contributed by atoms with Crippen molar-refractivity contribution >= 4 is 0 Å². The minimum absolute atomic E-state index is 0.0511. The Bertz CT molecular complexity index is 590. The van der Waals surface area contributed by atoms with Crippen molar-refractivity contribution in [1.29, 1.82) is 0 Å². The maximum absolute atomic E-state index is 4.36. The van der Waals surface area contributed by atoms with Gasteiger partial charge in [-0.3, -0.25) is 0 Å². The van der Waals surface area contributed by atoms with Crippen LogP contribution in [0.4, 0.5) is 0 Å². The van der Waals surface area contributed by atoms with Crippen molar-refractivity contribution in [3.63, 3.8) is 0 Å². The van der Waals surface area contributed by atoms with E-state index < -0.39 is 0 Å². The smallest absolute Gasteiger partial charge is 0.133 e. The molecule has 1 heterocycles. The van der Waals surface area contributed by atoms with Gasteiger partial charge in [-0.05, 0) is 33.9 Å². The summed E-state index contributed by atoms with van der Waals surface area (Å²) in [6, 6.07) is 8.97. The largest absolute Gasteiger partial charge is 0.241 e. The molecule has 0 aliphatic heterocycles. The van der Waals surface area contributed by atoms with Gasteiger partial charge in [-0.25, -0.2) is 9.97 Å². The number of hydrogen-bond acceptors (Lipinski definition) is 2. The van der Waals surface area contributed by atoms with Crippen LogP contribution in [0, 0.1) is 0 Å². The van der Waals surface area contributed by atoms with Crippen molar-refractivity contribution in [2.75, 3.05) is 0 Å². The molecule has 144 valence electrons. The summed E-state index contributed by atoms with van der Waals surface area (Å²) in [6.45, 7) is 21.9. The van der Waals surface area contributed by atoms with E-state index in [9.17, 15) is 0 Å². The number of rotatable bonds is 2. The highest BCUT2D eigenvalue weighted by Crippen LogP contribution is 2.24. The average Bonchev–Trinajstić information content (AvgIpc) is 2.54. The topological polar surface area (TPSA) is 25.8 Å². The zero-order chi connectivity index (χ0) is 20.1. The first-order valence-corrected chi connectivity index (χ1v) is 9.75. The van der Waals surface area contributed by atoms with Crippen LogP contribution in [0.15, 0.2) is 36.7 Å². The number of nitrogens with zero attached hydrogens (tertiary/aromatic N) is 2. The molecule has 0 amide bonds. The Balaban J connectivity index is 0.000000260. The number of hydrogen-bond donors (Lipinski definition) is 0. The summed E-state index contributed by atoms with van der Waals surface area (Å²) in [7, 11) is 0. The fourth-order valence-corrected chi connectivity index (χ4v) is 2.39. The summed E-state index contributed by atoms with van der Waals surface area (Å²) in [5.74, 6) is 2.06. The van der Waals surface area contributed by atoms with E-state index in [-0.39, 0.29) is 10.8 Å². The van der Waals surface area contributed by atoms with Crippen LogP contribution in [0.25, 0.3) is 0 Å². The van der Waals surface area contributed by atoms with Crippen LogP contribution in [0.5, 0.6) is 0 Å². The molecule has 2 nitrogen and oxygen atoms in total. The summed E-state index contributed by atoms with van der Waals surface area (Å²) in [5.41, 5.74) is 4.36. The van der Waals surface area contributed by atoms with Crippen LogP contribution < -0.4 is 0 Å². The molecule has 0 fully saturated rings. The van der Waals surface area contributed by atoms with Crippen LogP contribution >= 0.6 is 0 Å². The van der Waals surface area contributed by atoms with Crippen LogP contribution in [0.3, 0.4) is 0 Å². The van der Waals surface area contributed by atoms with E-state index >= 15 is 0 Å². The minimum Gasteiger partial charge on any atom is -0.241 e. The Labute approximate surface area is 161 Å². The van der Waals surface area contributed by atoms with Gasteiger partial charge < -0.3 is 0 Å². The lowest BCUT2D eigenvalue weighted by Gasteiger charge is -2.19. The molecule has 0 saturated carbocycles. The number of aromatic nitrogens is 2. The standard InChI is InChI=1S/C13H20.C11H18N2/c1-10(2)11-6-8-12(9-7-11)13(3,4)5;1-8(2)9-6-12-10(13-7-9)11(3,4)5/h6-10H,1-5H3;6-8H,1-5H3. The monoisotopic (exact) mass is 354 g/mol. The fourth-order valence-electron chi connectivity index (χ4n) is 2.39. The van der Waals surface area contributed by atoms with Crippen LogP contribution in [-0.4, -0.2) is 9.97 Å². The van der Waals surface area contributed by atoms with Gasteiger partial charge in [0.15, 0.2) is 0 Å². The third kappa shape index (κ3) is 6.90. The van der Waals surface area contributed by atoms with Crippen molar-refractivity contribution < 1.29 is 0 Å². The molecule has 0 saturated heterocycles. The third-order valence-electron chi connectivity index (χ3n) is 4.45. The van der Waals surface area contributed by atoms with Crippen LogP contribution in [0.2, 0.25) is 0 Å². The summed E-state index contributed by atoms with van der Waals surface area (Å²) in [5, 5.41) is 0. The predicted octanol–water partition coefficient (Wildman–Crippen LogP) is 7.01. The Morgan fingerprint density at radius 2 is 1.04 bits per heavy atom. The van der Waals surface area contributed by atoms with E-state index in [4.69, 9.17) is 0 Å². The molecule has 0 unspecified atom stereocenters. The Morgan fingerprint density at radius 1 is 0.615 bits per heavy atom. The van der Waals surface area contributed by atoms with E-state index in [1.807, 2.05) is 12.4 Å². The lowest BCUT2D eigenvalue weighted by molar-refractivity contribution is 0.543. The van der Waals surface area contributed by atoms with Gasteiger partial charge in [0.25, 0.3) is 0 Å². The number of benzene rings is 1. The molecule has 2 rings (SSSR count). The second-order valence-electron chi connectivity index (χ2n) is 9.77. The van der Waals surface area contributed by atoms with Crippen LogP contribution in [0.1, 0.15) is 104 Å². The molecule has 1 aromatic heterocycles. The lowest BCUT2D eigenvalue weighted by Crippen LogP contribution is -2.15. The van der Waals surface area contributed by atoms with Crippen molar-refractivity contribution in [2.45, 2.75) is 91.9 Å². The van der Waals surface area contributed by atoms with Gasteiger partial charge in [0.05, 0.1) is 0 Å². The van der Waals surface area contributed by atoms with Gasteiger partial charge in [0, 0.05) is 17.8 Å². The average molecular weight is 355 g/mol. The molecule has 2 aromatic rings. The van der Waals surface area contributed by atoms with Crippen molar-refractivity contribution in [3.05, 3.63) is 59.2 Å². The van der Waals surface area contributed by atoms with Gasteiger partial charge in [0.2, 0.25) is 0 Å². The summed E-state index contributed by atoms with van der Waals surface area (Å²) in [6.07, 6.45) is 3.86. The summed E-state index contributed by atoms with van der Waals surface area (Å²) < 4.78 is 0. The molecule has 0 radical (unpaired) electrons. The molecule has 0 aliphatic carbocycles. The second kappa shape index (κ2) is 8.79. The molecule has 26 heavy (non-hydrogen) atoms. The second-order valence-corrected chi connectivity index (χ2v) is 9.77. The zero-order valence-electron chi connectivity index (χ0n) is 18.5. The lowest BCUT2D eigenvalue weighted by atomic mass is 9.86.